The SMILES string of the molecule is CCN(CCC#N)C(=O)c1cccc(C(F)(F)F)c1. The van der Waals surface area contributed by atoms with Crippen molar-refractivity contribution in [1.82, 2.24) is 4.90 Å². The van der Waals surface area contributed by atoms with Crippen molar-refractivity contribution < 1.29 is 18.0 Å². The topological polar surface area (TPSA) is 44.1 Å². The van der Waals surface area contributed by atoms with Gasteiger partial charge in [0.15, 0.2) is 0 Å². The Morgan fingerprint density at radius 2 is 2.11 bits per heavy atom. The molecule has 0 aliphatic heterocycles. The fourth-order valence-corrected chi connectivity index (χ4v) is 1.60. The smallest absolute Gasteiger partial charge is 0.338 e. The summed E-state index contributed by atoms with van der Waals surface area (Å²) in [4.78, 5) is 13.4. The van der Waals surface area contributed by atoms with Gasteiger partial charge in [-0.25, -0.2) is 0 Å². The van der Waals surface area contributed by atoms with Crippen molar-refractivity contribution in [3.8, 4) is 6.07 Å². The first-order valence-electron chi connectivity index (χ1n) is 5.73. The van der Waals surface area contributed by atoms with Crippen LogP contribution in [0.1, 0.15) is 29.3 Å². The summed E-state index contributed by atoms with van der Waals surface area (Å²) in [6, 6.07) is 6.19. The van der Waals surface area contributed by atoms with E-state index in [2.05, 4.69) is 0 Å². The normalized spacial score (nSPS) is 10.9. The van der Waals surface area contributed by atoms with Crippen LogP contribution in [-0.4, -0.2) is 23.9 Å². The Kier molecular flexibility index (Phi) is 4.93. The van der Waals surface area contributed by atoms with Gasteiger partial charge in [0.25, 0.3) is 5.91 Å². The van der Waals surface area contributed by atoms with Crippen LogP contribution in [0.25, 0.3) is 0 Å². The molecule has 19 heavy (non-hydrogen) atoms. The number of amides is 1. The quantitative estimate of drug-likeness (QED) is 0.843. The Labute approximate surface area is 109 Å². The van der Waals surface area contributed by atoms with Gasteiger partial charge in [0.1, 0.15) is 0 Å². The zero-order chi connectivity index (χ0) is 14.5. The van der Waals surface area contributed by atoms with Crippen molar-refractivity contribution in [2.45, 2.75) is 19.5 Å². The van der Waals surface area contributed by atoms with Crippen LogP contribution in [0.2, 0.25) is 0 Å². The second-order valence-corrected chi connectivity index (χ2v) is 3.87. The van der Waals surface area contributed by atoms with Gasteiger partial charge in [0, 0.05) is 18.7 Å². The van der Waals surface area contributed by atoms with E-state index in [1.54, 1.807) is 6.92 Å². The Balaban J connectivity index is 2.96. The van der Waals surface area contributed by atoms with Gasteiger partial charge in [-0.3, -0.25) is 4.79 Å². The molecule has 3 nitrogen and oxygen atoms in total. The van der Waals surface area contributed by atoms with Gasteiger partial charge in [-0.2, -0.15) is 18.4 Å². The van der Waals surface area contributed by atoms with E-state index in [0.29, 0.717) is 6.54 Å². The lowest BCUT2D eigenvalue weighted by atomic mass is 10.1. The van der Waals surface area contributed by atoms with Gasteiger partial charge in [-0.15, -0.1) is 0 Å². The number of hydrogen-bond donors (Lipinski definition) is 0. The first-order chi connectivity index (χ1) is 8.90. The molecule has 6 heteroatoms. The third-order valence-corrected chi connectivity index (χ3v) is 2.60. The second-order valence-electron chi connectivity index (χ2n) is 3.87. The summed E-state index contributed by atoms with van der Waals surface area (Å²) in [7, 11) is 0. The number of halogens is 3. The molecule has 0 saturated heterocycles. The van der Waals surface area contributed by atoms with Crippen LogP contribution in [0.15, 0.2) is 24.3 Å². The summed E-state index contributed by atoms with van der Waals surface area (Å²) in [6.45, 7) is 2.27. The van der Waals surface area contributed by atoms with Crippen LogP contribution in [-0.2, 0) is 6.18 Å². The maximum atomic E-state index is 12.5. The number of alkyl halides is 3. The average molecular weight is 270 g/mol. The summed E-state index contributed by atoms with van der Waals surface area (Å²) < 4.78 is 37.6. The molecule has 0 aromatic heterocycles. The lowest BCUT2D eigenvalue weighted by Crippen LogP contribution is -2.31. The predicted octanol–water partition coefficient (Wildman–Crippen LogP) is 3.08. The standard InChI is InChI=1S/C13H13F3N2O/c1-2-18(8-4-7-17)12(19)10-5-3-6-11(9-10)13(14,15)16/h3,5-6,9H,2,4,8H2,1H3. The van der Waals surface area contributed by atoms with E-state index in [9.17, 15) is 18.0 Å². The highest BCUT2D eigenvalue weighted by molar-refractivity contribution is 5.94. The monoisotopic (exact) mass is 270 g/mol. The van der Waals surface area contributed by atoms with Crippen LogP contribution in [0.4, 0.5) is 13.2 Å². The van der Waals surface area contributed by atoms with Gasteiger partial charge in [-0.1, -0.05) is 6.07 Å². The highest BCUT2D eigenvalue weighted by Crippen LogP contribution is 2.29. The van der Waals surface area contributed by atoms with E-state index in [-0.39, 0.29) is 18.5 Å². The van der Waals surface area contributed by atoms with Crippen molar-refractivity contribution >= 4 is 5.91 Å². The van der Waals surface area contributed by atoms with Gasteiger partial charge >= 0.3 is 6.18 Å². The fourth-order valence-electron chi connectivity index (χ4n) is 1.60. The zero-order valence-electron chi connectivity index (χ0n) is 10.4. The van der Waals surface area contributed by atoms with Gasteiger partial charge in [-0.05, 0) is 25.1 Å². The maximum absolute atomic E-state index is 12.5. The molecule has 0 spiro atoms. The molecule has 0 bridgehead atoms. The lowest BCUT2D eigenvalue weighted by molar-refractivity contribution is -0.137. The summed E-state index contributed by atoms with van der Waals surface area (Å²) in [5.74, 6) is -0.496. The minimum absolute atomic E-state index is 0.0189. The number of nitrogens with zero attached hydrogens (tertiary/aromatic N) is 2. The number of nitriles is 1. The maximum Gasteiger partial charge on any atom is 0.416 e. The largest absolute Gasteiger partial charge is 0.416 e. The molecule has 1 rings (SSSR count). The summed E-state index contributed by atoms with van der Waals surface area (Å²) in [5, 5.41) is 8.48. The predicted molar refractivity (Wildman–Crippen MR) is 63.3 cm³/mol. The molecule has 1 amide bonds. The molecule has 102 valence electrons. The van der Waals surface area contributed by atoms with Crippen LogP contribution < -0.4 is 0 Å². The summed E-state index contributed by atoms with van der Waals surface area (Å²) >= 11 is 0. The summed E-state index contributed by atoms with van der Waals surface area (Å²) in [5.41, 5.74) is -0.871. The molecular formula is C13H13F3N2O. The molecule has 0 heterocycles. The van der Waals surface area contributed by atoms with Crippen molar-refractivity contribution in [1.29, 1.82) is 5.26 Å². The third-order valence-electron chi connectivity index (χ3n) is 2.60. The Morgan fingerprint density at radius 1 is 1.42 bits per heavy atom. The van der Waals surface area contributed by atoms with Crippen LogP contribution in [0, 0.1) is 11.3 Å². The van der Waals surface area contributed by atoms with E-state index in [0.717, 1.165) is 12.1 Å². The van der Waals surface area contributed by atoms with Gasteiger partial charge in [0.05, 0.1) is 18.1 Å². The van der Waals surface area contributed by atoms with Crippen molar-refractivity contribution in [3.05, 3.63) is 35.4 Å². The van der Waals surface area contributed by atoms with E-state index in [1.807, 2.05) is 6.07 Å². The number of hydrogen-bond acceptors (Lipinski definition) is 2. The fraction of sp³-hybridized carbons (Fsp3) is 0.385. The van der Waals surface area contributed by atoms with Gasteiger partial charge in [0.2, 0.25) is 0 Å². The molecule has 0 aliphatic rings. The average Bonchev–Trinajstić information content (AvgIpc) is 2.38. The number of benzene rings is 1. The van der Waals surface area contributed by atoms with E-state index < -0.39 is 17.6 Å². The number of rotatable bonds is 4. The van der Waals surface area contributed by atoms with Crippen LogP contribution >= 0.6 is 0 Å². The molecule has 1 aromatic carbocycles. The molecule has 0 aliphatic carbocycles. The van der Waals surface area contributed by atoms with Crippen molar-refractivity contribution in [2.75, 3.05) is 13.1 Å². The zero-order valence-corrected chi connectivity index (χ0v) is 10.4. The van der Waals surface area contributed by atoms with E-state index in [4.69, 9.17) is 5.26 Å². The second kappa shape index (κ2) is 6.23. The molecule has 0 fully saturated rings. The van der Waals surface area contributed by atoms with Crippen molar-refractivity contribution in [2.24, 2.45) is 0 Å². The molecular weight excluding hydrogens is 257 g/mol. The highest BCUT2D eigenvalue weighted by atomic mass is 19.4. The Bertz CT molecular complexity index is 491. The van der Waals surface area contributed by atoms with Gasteiger partial charge < -0.3 is 4.90 Å². The Hall–Kier alpha value is -2.03. The van der Waals surface area contributed by atoms with Crippen LogP contribution in [0.3, 0.4) is 0 Å². The Morgan fingerprint density at radius 3 is 2.63 bits per heavy atom. The minimum atomic E-state index is -4.47. The summed E-state index contributed by atoms with van der Waals surface area (Å²) in [6.07, 6.45) is -4.32. The first kappa shape index (κ1) is 15.0. The van der Waals surface area contributed by atoms with Crippen molar-refractivity contribution in [3.63, 3.8) is 0 Å². The van der Waals surface area contributed by atoms with Crippen LogP contribution in [0.5, 0.6) is 0 Å². The third kappa shape index (κ3) is 3.98. The first-order valence-corrected chi connectivity index (χ1v) is 5.73. The molecule has 1 aromatic rings. The molecule has 0 atom stereocenters. The molecule has 0 N–H and O–H groups in total. The van der Waals surface area contributed by atoms with E-state index in [1.165, 1.54) is 17.0 Å². The molecule has 0 unspecified atom stereocenters. The lowest BCUT2D eigenvalue weighted by Gasteiger charge is -2.20. The highest BCUT2D eigenvalue weighted by Gasteiger charge is 2.31. The minimum Gasteiger partial charge on any atom is -0.338 e. The van der Waals surface area contributed by atoms with E-state index >= 15 is 0 Å². The number of carbonyl (C=O) groups is 1. The number of carbonyl (C=O) groups excluding carboxylic acids is 1. The molecule has 0 radical (unpaired) electrons. The molecule has 0 saturated carbocycles.